The van der Waals surface area contributed by atoms with Gasteiger partial charge in [0.15, 0.2) is 5.54 Å². The normalized spacial score (nSPS) is 20.6. The van der Waals surface area contributed by atoms with Gasteiger partial charge in [0.2, 0.25) is 0 Å². The second-order valence-corrected chi connectivity index (χ2v) is 6.10. The largest absolute Gasteiger partial charge is 0.469 e. The SMILES string of the molecule is C=CCC(C(=O)OC)C1(C(=O)OC)NCCc2c1[nH]c1ccccc21. The minimum Gasteiger partial charge on any atom is -0.469 e. The standard InChI is InChI=1S/C19H22N2O4/c1-4-7-14(17(22)24-2)19(18(23)25-3)16-13(10-11-20-19)12-8-5-6-9-15(12)21-16/h4-6,8-9,14,20-21H,1,7,10-11H2,2-3H3. The van der Waals surface area contributed by atoms with Crippen molar-refractivity contribution in [1.82, 2.24) is 10.3 Å². The van der Waals surface area contributed by atoms with Gasteiger partial charge in [0.05, 0.1) is 25.8 Å². The van der Waals surface area contributed by atoms with Gasteiger partial charge in [0.25, 0.3) is 0 Å². The van der Waals surface area contributed by atoms with Gasteiger partial charge in [-0.1, -0.05) is 24.3 Å². The van der Waals surface area contributed by atoms with Crippen LogP contribution in [0.1, 0.15) is 17.7 Å². The predicted molar refractivity (Wildman–Crippen MR) is 94.0 cm³/mol. The molecule has 2 unspecified atom stereocenters. The maximum absolute atomic E-state index is 12.9. The van der Waals surface area contributed by atoms with Gasteiger partial charge in [-0.05, 0) is 24.5 Å². The molecule has 1 aliphatic heterocycles. The molecule has 1 aromatic carbocycles. The van der Waals surface area contributed by atoms with Crippen molar-refractivity contribution in [2.45, 2.75) is 18.4 Å². The third-order valence-corrected chi connectivity index (χ3v) is 4.90. The number of methoxy groups -OCH3 is 2. The van der Waals surface area contributed by atoms with Crippen LogP contribution in [0.25, 0.3) is 10.9 Å². The van der Waals surface area contributed by atoms with Crippen LogP contribution in [-0.4, -0.2) is 37.7 Å². The summed E-state index contributed by atoms with van der Waals surface area (Å²) in [5.41, 5.74) is 1.29. The first kappa shape index (κ1) is 17.2. The van der Waals surface area contributed by atoms with Gasteiger partial charge in [-0.3, -0.25) is 10.1 Å². The highest BCUT2D eigenvalue weighted by Crippen LogP contribution is 2.41. The van der Waals surface area contributed by atoms with Crippen molar-refractivity contribution in [3.05, 3.63) is 48.2 Å². The Kier molecular flexibility index (Phi) is 4.63. The third kappa shape index (κ3) is 2.53. The van der Waals surface area contributed by atoms with Crippen LogP contribution >= 0.6 is 0 Å². The Bertz CT molecular complexity index is 826. The summed E-state index contributed by atoms with van der Waals surface area (Å²) in [7, 11) is 2.64. The van der Waals surface area contributed by atoms with Gasteiger partial charge in [-0.15, -0.1) is 6.58 Å². The number of fused-ring (bicyclic) bond motifs is 3. The number of benzene rings is 1. The van der Waals surface area contributed by atoms with Crippen LogP contribution in [0.15, 0.2) is 36.9 Å². The summed E-state index contributed by atoms with van der Waals surface area (Å²) in [6.45, 7) is 4.28. The highest BCUT2D eigenvalue weighted by atomic mass is 16.5. The molecule has 3 rings (SSSR count). The van der Waals surface area contributed by atoms with Gasteiger partial charge in [0, 0.05) is 17.4 Å². The van der Waals surface area contributed by atoms with E-state index >= 15 is 0 Å². The number of ether oxygens (including phenoxy) is 2. The number of para-hydroxylation sites is 1. The lowest BCUT2D eigenvalue weighted by atomic mass is 9.75. The zero-order valence-corrected chi connectivity index (χ0v) is 14.4. The average Bonchev–Trinajstić information content (AvgIpc) is 3.04. The molecule has 6 nitrogen and oxygen atoms in total. The lowest BCUT2D eigenvalue weighted by molar-refractivity contribution is -0.162. The Morgan fingerprint density at radius 1 is 1.32 bits per heavy atom. The molecule has 0 saturated carbocycles. The lowest BCUT2D eigenvalue weighted by Crippen LogP contribution is -2.60. The molecule has 0 bridgehead atoms. The van der Waals surface area contributed by atoms with E-state index in [4.69, 9.17) is 9.47 Å². The molecule has 1 aromatic heterocycles. The van der Waals surface area contributed by atoms with Gasteiger partial charge in [0.1, 0.15) is 0 Å². The van der Waals surface area contributed by atoms with Crippen molar-refractivity contribution >= 4 is 22.8 Å². The number of rotatable bonds is 5. The molecule has 25 heavy (non-hydrogen) atoms. The summed E-state index contributed by atoms with van der Waals surface area (Å²) in [5.74, 6) is -1.78. The molecular weight excluding hydrogens is 320 g/mol. The first-order valence-corrected chi connectivity index (χ1v) is 8.22. The number of carbonyl (C=O) groups excluding carboxylic acids is 2. The van der Waals surface area contributed by atoms with Crippen molar-refractivity contribution in [3.63, 3.8) is 0 Å². The van der Waals surface area contributed by atoms with Crippen molar-refractivity contribution in [1.29, 1.82) is 0 Å². The third-order valence-electron chi connectivity index (χ3n) is 4.90. The number of aromatic nitrogens is 1. The highest BCUT2D eigenvalue weighted by Gasteiger charge is 2.55. The number of allylic oxidation sites excluding steroid dienone is 1. The Balaban J connectivity index is 2.29. The molecule has 0 radical (unpaired) electrons. The number of hydrogen-bond acceptors (Lipinski definition) is 5. The van der Waals surface area contributed by atoms with Crippen LogP contribution in [0.4, 0.5) is 0 Å². The molecule has 2 atom stereocenters. The number of carbonyl (C=O) groups is 2. The van der Waals surface area contributed by atoms with Crippen molar-refractivity contribution in [2.24, 2.45) is 5.92 Å². The summed E-state index contributed by atoms with van der Waals surface area (Å²) in [6, 6.07) is 7.86. The summed E-state index contributed by atoms with van der Waals surface area (Å²) in [5, 5.41) is 4.30. The second kappa shape index (κ2) is 6.72. The van der Waals surface area contributed by atoms with E-state index in [2.05, 4.69) is 16.9 Å². The first-order valence-electron chi connectivity index (χ1n) is 8.22. The molecular formula is C19H22N2O4. The van der Waals surface area contributed by atoms with Gasteiger partial charge in [-0.25, -0.2) is 4.79 Å². The molecule has 0 saturated heterocycles. The number of aromatic amines is 1. The molecule has 2 aromatic rings. The quantitative estimate of drug-likeness (QED) is 0.642. The Morgan fingerprint density at radius 2 is 2.08 bits per heavy atom. The fraction of sp³-hybridized carbons (Fsp3) is 0.368. The zero-order chi connectivity index (χ0) is 18.0. The summed E-state index contributed by atoms with van der Waals surface area (Å²) in [4.78, 5) is 28.8. The fourth-order valence-corrected chi connectivity index (χ4v) is 3.80. The van der Waals surface area contributed by atoms with Crippen molar-refractivity contribution in [2.75, 3.05) is 20.8 Å². The van der Waals surface area contributed by atoms with E-state index in [1.807, 2.05) is 24.3 Å². The molecule has 0 fully saturated rings. The van der Waals surface area contributed by atoms with Crippen LogP contribution in [0.5, 0.6) is 0 Å². The minimum atomic E-state index is -1.33. The lowest BCUT2D eigenvalue weighted by Gasteiger charge is -2.40. The minimum absolute atomic E-state index is 0.281. The summed E-state index contributed by atoms with van der Waals surface area (Å²) < 4.78 is 10.1. The molecule has 132 valence electrons. The van der Waals surface area contributed by atoms with E-state index in [0.717, 1.165) is 22.9 Å². The molecule has 2 N–H and O–H groups in total. The Hall–Kier alpha value is -2.60. The monoisotopic (exact) mass is 342 g/mol. The molecule has 6 heteroatoms. The number of esters is 2. The van der Waals surface area contributed by atoms with E-state index in [1.165, 1.54) is 14.2 Å². The van der Waals surface area contributed by atoms with E-state index in [9.17, 15) is 9.59 Å². The Morgan fingerprint density at radius 3 is 2.76 bits per heavy atom. The molecule has 0 aliphatic carbocycles. The van der Waals surface area contributed by atoms with Gasteiger partial charge in [-0.2, -0.15) is 0 Å². The second-order valence-electron chi connectivity index (χ2n) is 6.10. The van der Waals surface area contributed by atoms with Crippen LogP contribution in [-0.2, 0) is 31.0 Å². The summed E-state index contributed by atoms with van der Waals surface area (Å²) >= 11 is 0. The first-order chi connectivity index (χ1) is 12.1. The maximum atomic E-state index is 12.9. The number of H-pyrrole nitrogens is 1. The molecule has 2 heterocycles. The summed E-state index contributed by atoms with van der Waals surface area (Å²) in [6.07, 6.45) is 2.65. The fourth-order valence-electron chi connectivity index (χ4n) is 3.80. The molecule has 1 aliphatic rings. The van der Waals surface area contributed by atoms with E-state index in [1.54, 1.807) is 6.08 Å². The Labute approximate surface area is 146 Å². The predicted octanol–water partition coefficient (Wildman–Crippen LogP) is 2.05. The van der Waals surface area contributed by atoms with E-state index in [-0.39, 0.29) is 6.42 Å². The topological polar surface area (TPSA) is 80.4 Å². The van der Waals surface area contributed by atoms with Crippen molar-refractivity contribution < 1.29 is 19.1 Å². The zero-order valence-electron chi connectivity index (χ0n) is 14.4. The van der Waals surface area contributed by atoms with Crippen LogP contribution < -0.4 is 5.32 Å². The van der Waals surface area contributed by atoms with Crippen LogP contribution in [0.2, 0.25) is 0 Å². The molecule has 0 spiro atoms. The highest BCUT2D eigenvalue weighted by molar-refractivity contribution is 5.94. The molecule has 0 amide bonds. The number of hydrogen-bond donors (Lipinski definition) is 2. The van der Waals surface area contributed by atoms with Gasteiger partial charge < -0.3 is 14.5 Å². The van der Waals surface area contributed by atoms with Crippen LogP contribution in [0.3, 0.4) is 0 Å². The number of nitrogens with one attached hydrogen (secondary N) is 2. The van der Waals surface area contributed by atoms with E-state index < -0.39 is 23.4 Å². The van der Waals surface area contributed by atoms with E-state index in [0.29, 0.717) is 12.2 Å². The van der Waals surface area contributed by atoms with Crippen molar-refractivity contribution in [3.8, 4) is 0 Å². The average molecular weight is 342 g/mol. The smallest absolute Gasteiger partial charge is 0.333 e. The maximum Gasteiger partial charge on any atom is 0.333 e. The van der Waals surface area contributed by atoms with Gasteiger partial charge >= 0.3 is 11.9 Å². The van der Waals surface area contributed by atoms with Crippen LogP contribution in [0, 0.1) is 5.92 Å².